The summed E-state index contributed by atoms with van der Waals surface area (Å²) in [6.45, 7) is 1.49. The van der Waals surface area contributed by atoms with Crippen molar-refractivity contribution in [3.63, 3.8) is 0 Å². The van der Waals surface area contributed by atoms with Crippen molar-refractivity contribution >= 4 is 17.6 Å². The van der Waals surface area contributed by atoms with Crippen LogP contribution in [0.3, 0.4) is 0 Å². The minimum Gasteiger partial charge on any atom is -0.463 e. The Bertz CT molecular complexity index is 662. The van der Waals surface area contributed by atoms with Gasteiger partial charge in [0.1, 0.15) is 5.82 Å². The molecule has 0 atom stereocenters. The molecule has 2 aromatic rings. The van der Waals surface area contributed by atoms with Crippen molar-refractivity contribution in [2.75, 3.05) is 13.2 Å². The Morgan fingerprint density at radius 1 is 1.52 bits per heavy atom. The number of benzene rings is 1. The van der Waals surface area contributed by atoms with Crippen molar-refractivity contribution in [1.29, 1.82) is 0 Å². The van der Waals surface area contributed by atoms with Crippen molar-refractivity contribution in [3.05, 3.63) is 29.0 Å². The van der Waals surface area contributed by atoms with Crippen LogP contribution in [0.2, 0.25) is 5.02 Å². The van der Waals surface area contributed by atoms with E-state index in [-0.39, 0.29) is 29.0 Å². The van der Waals surface area contributed by atoms with Gasteiger partial charge in [-0.25, -0.2) is 9.18 Å². The zero-order chi connectivity index (χ0) is 15.4. The van der Waals surface area contributed by atoms with Crippen LogP contribution in [-0.4, -0.2) is 39.3 Å². The van der Waals surface area contributed by atoms with Crippen LogP contribution < -0.4 is 4.74 Å². The second-order valence-electron chi connectivity index (χ2n) is 3.83. The summed E-state index contributed by atoms with van der Waals surface area (Å²) in [6, 6.07) is 3.34. The third-order valence-corrected chi connectivity index (χ3v) is 2.68. The summed E-state index contributed by atoms with van der Waals surface area (Å²) < 4.78 is 22.6. The van der Waals surface area contributed by atoms with Crippen LogP contribution in [0.1, 0.15) is 6.92 Å². The summed E-state index contributed by atoms with van der Waals surface area (Å²) in [7, 11) is 0. The summed E-state index contributed by atoms with van der Waals surface area (Å²) >= 11 is 5.87. The number of ether oxygens (including phenoxy) is 2. The molecule has 1 aromatic carbocycles. The van der Waals surface area contributed by atoms with E-state index in [0.717, 1.165) is 12.1 Å². The highest BCUT2D eigenvalue weighted by Gasteiger charge is 2.16. The predicted molar refractivity (Wildman–Crippen MR) is 69.7 cm³/mol. The fourth-order valence-electron chi connectivity index (χ4n) is 1.51. The molecule has 7 nitrogen and oxygen atoms in total. The fourth-order valence-corrected chi connectivity index (χ4v) is 1.76. The van der Waals surface area contributed by atoms with Gasteiger partial charge in [-0.1, -0.05) is 21.5 Å². The number of esters is 1. The Kier molecular flexibility index (Phi) is 4.59. The lowest BCUT2D eigenvalue weighted by Crippen LogP contribution is -2.15. The van der Waals surface area contributed by atoms with Crippen molar-refractivity contribution in [2.24, 2.45) is 0 Å². The molecule has 0 unspecified atom stereocenters. The Balaban J connectivity index is 2.17. The van der Waals surface area contributed by atoms with E-state index < -0.39 is 18.4 Å². The van der Waals surface area contributed by atoms with Gasteiger partial charge in [-0.2, -0.15) is 4.98 Å². The third-order valence-electron chi connectivity index (χ3n) is 2.37. The zero-order valence-corrected chi connectivity index (χ0v) is 11.7. The number of aromatic nitrogens is 3. The van der Waals surface area contributed by atoms with Gasteiger partial charge < -0.3 is 14.7 Å². The molecule has 0 saturated heterocycles. The SMILES string of the molecule is CCOC(=O)COc1nc(-c2ccc(F)cc2Cl)n(O)n1. The summed E-state index contributed by atoms with van der Waals surface area (Å²) in [4.78, 5) is 15.4. The summed E-state index contributed by atoms with van der Waals surface area (Å²) in [6.07, 6.45) is 0. The van der Waals surface area contributed by atoms with Gasteiger partial charge in [0.25, 0.3) is 0 Å². The number of carbonyl (C=O) groups is 1. The van der Waals surface area contributed by atoms with Crippen LogP contribution >= 0.6 is 11.6 Å². The van der Waals surface area contributed by atoms with E-state index in [1.54, 1.807) is 6.92 Å². The molecule has 0 fully saturated rings. The second-order valence-corrected chi connectivity index (χ2v) is 4.23. The predicted octanol–water partition coefficient (Wildman–Crippen LogP) is 1.92. The molecule has 21 heavy (non-hydrogen) atoms. The average Bonchev–Trinajstić information content (AvgIpc) is 2.78. The van der Waals surface area contributed by atoms with E-state index in [1.165, 1.54) is 6.07 Å². The number of rotatable bonds is 5. The molecular formula is C12H11ClFN3O4. The Morgan fingerprint density at radius 3 is 2.95 bits per heavy atom. The van der Waals surface area contributed by atoms with Crippen LogP contribution in [0.25, 0.3) is 11.4 Å². The second kappa shape index (κ2) is 6.40. The zero-order valence-electron chi connectivity index (χ0n) is 10.9. The van der Waals surface area contributed by atoms with Crippen LogP contribution in [0.15, 0.2) is 18.2 Å². The average molecular weight is 316 g/mol. The topological polar surface area (TPSA) is 86.5 Å². The van der Waals surface area contributed by atoms with Gasteiger partial charge in [-0.05, 0) is 25.1 Å². The summed E-state index contributed by atoms with van der Waals surface area (Å²) in [5, 5.41) is 13.3. The molecule has 1 N–H and O–H groups in total. The molecule has 0 amide bonds. The van der Waals surface area contributed by atoms with Crippen molar-refractivity contribution < 1.29 is 23.9 Å². The largest absolute Gasteiger partial charge is 0.463 e. The molecule has 0 saturated carbocycles. The van der Waals surface area contributed by atoms with Gasteiger partial charge in [0.05, 0.1) is 11.6 Å². The quantitative estimate of drug-likeness (QED) is 0.670. The molecule has 112 valence electrons. The number of nitrogens with zero attached hydrogens (tertiary/aromatic N) is 3. The van der Waals surface area contributed by atoms with E-state index >= 15 is 0 Å². The van der Waals surface area contributed by atoms with Crippen molar-refractivity contribution in [3.8, 4) is 17.4 Å². The van der Waals surface area contributed by atoms with Gasteiger partial charge in [-0.15, -0.1) is 0 Å². The number of hydrogen-bond acceptors (Lipinski definition) is 6. The van der Waals surface area contributed by atoms with E-state index in [0.29, 0.717) is 4.85 Å². The lowest BCUT2D eigenvalue weighted by molar-refractivity contribution is -0.145. The number of carbonyl (C=O) groups excluding carboxylic acids is 1. The molecule has 0 aliphatic rings. The molecule has 1 heterocycles. The van der Waals surface area contributed by atoms with E-state index in [4.69, 9.17) is 16.3 Å². The van der Waals surface area contributed by atoms with Crippen LogP contribution in [0.4, 0.5) is 4.39 Å². The van der Waals surface area contributed by atoms with Gasteiger partial charge in [-0.3, -0.25) is 0 Å². The third kappa shape index (κ3) is 3.60. The maximum absolute atomic E-state index is 13.0. The van der Waals surface area contributed by atoms with Crippen molar-refractivity contribution in [2.45, 2.75) is 6.92 Å². The van der Waals surface area contributed by atoms with Crippen LogP contribution in [0.5, 0.6) is 6.01 Å². The van der Waals surface area contributed by atoms with Crippen LogP contribution in [-0.2, 0) is 9.53 Å². The molecule has 1 aromatic heterocycles. The highest BCUT2D eigenvalue weighted by atomic mass is 35.5. The molecule has 0 spiro atoms. The normalized spacial score (nSPS) is 10.4. The van der Waals surface area contributed by atoms with Gasteiger partial charge >= 0.3 is 12.0 Å². The van der Waals surface area contributed by atoms with Gasteiger partial charge in [0.15, 0.2) is 6.61 Å². The Morgan fingerprint density at radius 2 is 2.29 bits per heavy atom. The molecule has 0 bridgehead atoms. The first-order valence-electron chi connectivity index (χ1n) is 5.91. The monoisotopic (exact) mass is 315 g/mol. The highest BCUT2D eigenvalue weighted by molar-refractivity contribution is 6.33. The minimum atomic E-state index is -0.590. The van der Waals surface area contributed by atoms with Crippen LogP contribution in [0, 0.1) is 5.82 Å². The standard InChI is InChI=1S/C12H11ClFN3O4/c1-2-20-10(18)6-21-12-15-11(17(19)16-12)8-4-3-7(14)5-9(8)13/h3-5,19H,2,6H2,1H3. The van der Waals surface area contributed by atoms with Gasteiger partial charge in [0, 0.05) is 5.56 Å². The summed E-state index contributed by atoms with van der Waals surface area (Å²) in [5.74, 6) is -1.15. The van der Waals surface area contributed by atoms with Crippen molar-refractivity contribution in [1.82, 2.24) is 14.9 Å². The van der Waals surface area contributed by atoms with E-state index in [2.05, 4.69) is 14.8 Å². The molecular weight excluding hydrogens is 305 g/mol. The number of hydrogen-bond donors (Lipinski definition) is 1. The first-order chi connectivity index (χ1) is 10.0. The number of halogens is 2. The lowest BCUT2D eigenvalue weighted by atomic mass is 10.2. The first kappa shape index (κ1) is 15.0. The Labute approximate surface area is 123 Å². The van der Waals surface area contributed by atoms with E-state index in [1.807, 2.05) is 0 Å². The van der Waals surface area contributed by atoms with E-state index in [9.17, 15) is 14.4 Å². The maximum atomic E-state index is 13.0. The lowest BCUT2D eigenvalue weighted by Gasteiger charge is -2.01. The molecule has 9 heteroatoms. The van der Waals surface area contributed by atoms with Gasteiger partial charge in [0.2, 0.25) is 5.82 Å². The molecule has 0 aliphatic carbocycles. The first-order valence-corrected chi connectivity index (χ1v) is 6.29. The summed E-state index contributed by atoms with van der Waals surface area (Å²) in [5.41, 5.74) is 0.263. The Hall–Kier alpha value is -2.35. The fraction of sp³-hybridized carbons (Fsp3) is 0.250. The molecule has 0 radical (unpaired) electrons. The highest BCUT2D eigenvalue weighted by Crippen LogP contribution is 2.27. The minimum absolute atomic E-state index is 0.0427. The molecule has 0 aliphatic heterocycles. The maximum Gasteiger partial charge on any atom is 0.344 e. The molecule has 2 rings (SSSR count). The smallest absolute Gasteiger partial charge is 0.344 e.